The van der Waals surface area contributed by atoms with Gasteiger partial charge in [0.15, 0.2) is 5.79 Å². The van der Waals surface area contributed by atoms with Crippen LogP contribution in [-0.4, -0.2) is 32.1 Å². The maximum atomic E-state index is 12.6. The summed E-state index contributed by atoms with van der Waals surface area (Å²) in [5.41, 5.74) is 0.945. The summed E-state index contributed by atoms with van der Waals surface area (Å²) in [4.78, 5) is 14.8. The average Bonchev–Trinajstić information content (AvgIpc) is 2.98. The summed E-state index contributed by atoms with van der Waals surface area (Å²) in [7, 11) is 0. The molecule has 0 atom stereocenters. The third-order valence-electron chi connectivity index (χ3n) is 4.34. The molecule has 2 aliphatic heterocycles. The Morgan fingerprint density at radius 1 is 1.10 bits per heavy atom. The van der Waals surface area contributed by atoms with E-state index in [-0.39, 0.29) is 11.2 Å². The molecular formula is C16H17NO3S. The smallest absolute Gasteiger partial charge is 0.211 e. The number of ether oxygens (including phenoxy) is 2. The summed E-state index contributed by atoms with van der Waals surface area (Å²) in [6.07, 6.45) is 1.65. The van der Waals surface area contributed by atoms with Crippen molar-refractivity contribution in [1.29, 1.82) is 0 Å². The van der Waals surface area contributed by atoms with E-state index in [4.69, 9.17) is 9.47 Å². The Hall–Kier alpha value is -1.43. The fraction of sp³-hybridized carbons (Fsp3) is 0.438. The largest absolute Gasteiger partial charge is 0.367 e. The number of rotatable bonds is 1. The van der Waals surface area contributed by atoms with E-state index < -0.39 is 0 Å². The van der Waals surface area contributed by atoms with Crippen LogP contribution in [-0.2, 0) is 9.47 Å². The van der Waals surface area contributed by atoms with Crippen LogP contribution >= 0.6 is 11.3 Å². The molecule has 4 rings (SSSR count). The first-order valence-electron chi connectivity index (χ1n) is 7.31. The third kappa shape index (κ3) is 2.25. The number of anilines is 1. The lowest BCUT2D eigenvalue weighted by molar-refractivity contribution is -0.169. The standard InChI is InChI=1S/C16H17NO3S/c18-15-12-3-1-2-4-14(12)21-11-13(15)17-7-5-16(6-8-17)19-9-10-20-16/h1-4,11H,5-10H2. The predicted octanol–water partition coefficient (Wildman–Crippen LogP) is 2.60. The maximum absolute atomic E-state index is 12.6. The Balaban J connectivity index is 1.63. The van der Waals surface area contributed by atoms with Gasteiger partial charge in [-0.05, 0) is 12.1 Å². The second-order valence-electron chi connectivity index (χ2n) is 5.54. The molecular weight excluding hydrogens is 286 g/mol. The van der Waals surface area contributed by atoms with E-state index in [0.29, 0.717) is 13.2 Å². The monoisotopic (exact) mass is 303 g/mol. The van der Waals surface area contributed by atoms with Gasteiger partial charge in [0.25, 0.3) is 0 Å². The van der Waals surface area contributed by atoms with Crippen LogP contribution in [0, 0.1) is 0 Å². The molecule has 2 aliphatic rings. The first kappa shape index (κ1) is 13.2. The topological polar surface area (TPSA) is 38.8 Å². The molecule has 1 aromatic heterocycles. The van der Waals surface area contributed by atoms with Crippen molar-refractivity contribution < 1.29 is 9.47 Å². The van der Waals surface area contributed by atoms with Crippen LogP contribution in [0.4, 0.5) is 5.69 Å². The summed E-state index contributed by atoms with van der Waals surface area (Å²) >= 11 is 1.63. The van der Waals surface area contributed by atoms with Crippen molar-refractivity contribution in [1.82, 2.24) is 0 Å². The van der Waals surface area contributed by atoms with E-state index in [0.717, 1.165) is 41.7 Å². The summed E-state index contributed by atoms with van der Waals surface area (Å²) in [6, 6.07) is 7.80. The zero-order valence-corrected chi connectivity index (χ0v) is 12.5. The molecule has 3 heterocycles. The molecule has 0 N–H and O–H groups in total. The van der Waals surface area contributed by atoms with Gasteiger partial charge in [-0.1, -0.05) is 12.1 Å². The number of fused-ring (bicyclic) bond motifs is 1. The molecule has 0 saturated carbocycles. The normalized spacial score (nSPS) is 21.2. The minimum absolute atomic E-state index is 0.133. The lowest BCUT2D eigenvalue weighted by atomic mass is 10.0. The first-order valence-corrected chi connectivity index (χ1v) is 8.19. The van der Waals surface area contributed by atoms with Crippen LogP contribution in [0.25, 0.3) is 10.1 Å². The number of piperidine rings is 1. The molecule has 2 fully saturated rings. The van der Waals surface area contributed by atoms with E-state index in [9.17, 15) is 4.79 Å². The van der Waals surface area contributed by atoms with Gasteiger partial charge in [0, 0.05) is 41.4 Å². The number of benzene rings is 1. The molecule has 0 radical (unpaired) electrons. The van der Waals surface area contributed by atoms with Crippen molar-refractivity contribution in [2.24, 2.45) is 0 Å². The molecule has 0 bridgehead atoms. The van der Waals surface area contributed by atoms with Crippen molar-refractivity contribution >= 4 is 27.1 Å². The van der Waals surface area contributed by atoms with Gasteiger partial charge in [-0.25, -0.2) is 0 Å². The number of hydrogen-bond acceptors (Lipinski definition) is 5. The Bertz CT molecular complexity index is 711. The Kier molecular flexibility index (Phi) is 3.21. The molecule has 0 unspecified atom stereocenters. The van der Waals surface area contributed by atoms with E-state index >= 15 is 0 Å². The molecule has 2 aromatic rings. The minimum atomic E-state index is -0.389. The molecule has 0 amide bonds. The molecule has 2 saturated heterocycles. The second kappa shape index (κ2) is 5.09. The average molecular weight is 303 g/mol. The lowest BCUT2D eigenvalue weighted by Crippen LogP contribution is -2.46. The minimum Gasteiger partial charge on any atom is -0.367 e. The quantitative estimate of drug-likeness (QED) is 0.812. The Labute approximate surface area is 126 Å². The van der Waals surface area contributed by atoms with Crippen LogP contribution in [0.5, 0.6) is 0 Å². The highest BCUT2D eigenvalue weighted by Crippen LogP contribution is 2.33. The van der Waals surface area contributed by atoms with Gasteiger partial charge < -0.3 is 14.4 Å². The van der Waals surface area contributed by atoms with Gasteiger partial charge in [-0.3, -0.25) is 4.79 Å². The molecule has 4 nitrogen and oxygen atoms in total. The summed E-state index contributed by atoms with van der Waals surface area (Å²) in [5, 5.41) is 2.80. The maximum Gasteiger partial charge on any atom is 0.211 e. The zero-order valence-electron chi connectivity index (χ0n) is 11.7. The third-order valence-corrected chi connectivity index (χ3v) is 5.29. The van der Waals surface area contributed by atoms with Gasteiger partial charge in [-0.15, -0.1) is 11.3 Å². The molecule has 1 aromatic carbocycles. The predicted molar refractivity (Wildman–Crippen MR) is 84.2 cm³/mol. The van der Waals surface area contributed by atoms with Crippen LogP contribution in [0.15, 0.2) is 34.4 Å². The van der Waals surface area contributed by atoms with Crippen LogP contribution in [0.3, 0.4) is 0 Å². The Morgan fingerprint density at radius 2 is 1.81 bits per heavy atom. The molecule has 1 spiro atoms. The van der Waals surface area contributed by atoms with Gasteiger partial charge in [0.2, 0.25) is 5.43 Å². The van der Waals surface area contributed by atoms with Gasteiger partial charge in [-0.2, -0.15) is 0 Å². The first-order chi connectivity index (χ1) is 10.3. The summed E-state index contributed by atoms with van der Waals surface area (Å²) < 4.78 is 12.5. The van der Waals surface area contributed by atoms with Crippen molar-refractivity contribution in [3.63, 3.8) is 0 Å². The van der Waals surface area contributed by atoms with Crippen molar-refractivity contribution in [2.45, 2.75) is 18.6 Å². The van der Waals surface area contributed by atoms with E-state index in [1.165, 1.54) is 0 Å². The zero-order chi connectivity index (χ0) is 14.3. The van der Waals surface area contributed by atoms with Crippen LogP contribution in [0.2, 0.25) is 0 Å². The number of hydrogen-bond donors (Lipinski definition) is 0. The van der Waals surface area contributed by atoms with Crippen LogP contribution in [0.1, 0.15) is 12.8 Å². The highest BCUT2D eigenvalue weighted by molar-refractivity contribution is 7.16. The summed E-state index contributed by atoms with van der Waals surface area (Å²) in [6.45, 7) is 2.98. The lowest BCUT2D eigenvalue weighted by Gasteiger charge is -2.38. The molecule has 21 heavy (non-hydrogen) atoms. The van der Waals surface area contributed by atoms with Crippen molar-refractivity contribution in [3.05, 3.63) is 39.9 Å². The molecule has 110 valence electrons. The fourth-order valence-corrected chi connectivity index (χ4v) is 4.10. The Morgan fingerprint density at radius 3 is 2.57 bits per heavy atom. The summed E-state index contributed by atoms with van der Waals surface area (Å²) in [5.74, 6) is -0.389. The SMILES string of the molecule is O=c1c(N2CCC3(CC2)OCCO3)csc2ccccc12. The van der Waals surface area contributed by atoms with Crippen molar-refractivity contribution in [3.8, 4) is 0 Å². The second-order valence-corrected chi connectivity index (χ2v) is 6.45. The highest BCUT2D eigenvalue weighted by atomic mass is 32.1. The van der Waals surface area contributed by atoms with Crippen LogP contribution < -0.4 is 10.3 Å². The molecule has 0 aliphatic carbocycles. The molecule has 5 heteroatoms. The van der Waals surface area contributed by atoms with Crippen molar-refractivity contribution in [2.75, 3.05) is 31.2 Å². The van der Waals surface area contributed by atoms with E-state index in [1.54, 1.807) is 11.3 Å². The van der Waals surface area contributed by atoms with Gasteiger partial charge in [0.05, 0.1) is 18.9 Å². The van der Waals surface area contributed by atoms with Gasteiger partial charge in [0.1, 0.15) is 0 Å². The highest BCUT2D eigenvalue weighted by Gasteiger charge is 2.40. The van der Waals surface area contributed by atoms with E-state index in [1.807, 2.05) is 29.6 Å². The number of nitrogens with zero attached hydrogens (tertiary/aromatic N) is 1. The van der Waals surface area contributed by atoms with Gasteiger partial charge >= 0.3 is 0 Å². The fourth-order valence-electron chi connectivity index (χ4n) is 3.16. The van der Waals surface area contributed by atoms with E-state index in [2.05, 4.69) is 4.90 Å².